The van der Waals surface area contributed by atoms with E-state index >= 15 is 0 Å². The molecule has 0 aliphatic carbocycles. The smallest absolute Gasteiger partial charge is 0.407 e. The fraction of sp³-hybridized carbons (Fsp3) is 0.583. The zero-order valence-electron chi connectivity index (χ0n) is 11.9. The van der Waals surface area contributed by atoms with Crippen molar-refractivity contribution in [3.8, 4) is 0 Å². The van der Waals surface area contributed by atoms with Gasteiger partial charge >= 0.3 is 11.1 Å². The second-order valence-electron chi connectivity index (χ2n) is 5.33. The second kappa shape index (κ2) is 6.83. The topological polar surface area (TPSA) is 122 Å². The number of aliphatic hydroxyl groups is 2. The highest BCUT2D eigenvalue weighted by atomic mass is 32.1. The maximum absolute atomic E-state index is 11.4. The molecule has 0 fully saturated rings. The van der Waals surface area contributed by atoms with Crippen LogP contribution in [0.1, 0.15) is 31.8 Å². The largest absolute Gasteiger partial charge is 0.444 e. The number of hydrogen-bond donors (Lipinski definition) is 3. The maximum Gasteiger partial charge on any atom is 0.407 e. The van der Waals surface area contributed by atoms with Gasteiger partial charge in [0.1, 0.15) is 17.8 Å². The van der Waals surface area contributed by atoms with Gasteiger partial charge in [-0.05, 0) is 26.8 Å². The highest BCUT2D eigenvalue weighted by Gasteiger charge is 2.24. The quantitative estimate of drug-likeness (QED) is 0.559. The Bertz CT molecular complexity index is 510. The molecule has 9 heteroatoms. The van der Waals surface area contributed by atoms with E-state index in [4.69, 9.17) is 4.74 Å². The zero-order valence-corrected chi connectivity index (χ0v) is 12.7. The number of nitrogens with one attached hydrogen (secondary N) is 1. The van der Waals surface area contributed by atoms with Gasteiger partial charge in [-0.3, -0.25) is 10.1 Å². The molecule has 21 heavy (non-hydrogen) atoms. The van der Waals surface area contributed by atoms with E-state index in [2.05, 4.69) is 5.32 Å². The van der Waals surface area contributed by atoms with Gasteiger partial charge in [-0.1, -0.05) is 11.3 Å². The number of alkyl carbamates (subject to hydrolysis) is 1. The first-order valence-electron chi connectivity index (χ1n) is 6.17. The molecule has 1 heterocycles. The number of nitro groups is 1. The van der Waals surface area contributed by atoms with Crippen LogP contribution < -0.4 is 5.32 Å². The van der Waals surface area contributed by atoms with E-state index in [0.29, 0.717) is 0 Å². The lowest BCUT2D eigenvalue weighted by Gasteiger charge is -2.21. The maximum atomic E-state index is 11.4. The standard InChI is InChI=1S/C12H18N2O6S/c1-12(2,3)20-11(17)13-6-7(15)10(16)8-4-5-9(21-8)14(18)19/h4-5,7,10,15-16H,6H2,1-3H3,(H,13,17). The van der Waals surface area contributed by atoms with Gasteiger partial charge in [0, 0.05) is 17.5 Å². The lowest BCUT2D eigenvalue weighted by Crippen LogP contribution is -2.38. The average Bonchev–Trinajstić information content (AvgIpc) is 2.82. The van der Waals surface area contributed by atoms with Crippen LogP contribution in [0.25, 0.3) is 0 Å². The van der Waals surface area contributed by atoms with E-state index in [9.17, 15) is 25.1 Å². The fourth-order valence-electron chi connectivity index (χ4n) is 1.40. The summed E-state index contributed by atoms with van der Waals surface area (Å²) in [7, 11) is 0. The third-order valence-corrected chi connectivity index (χ3v) is 3.41. The van der Waals surface area contributed by atoms with Gasteiger partial charge in [-0.15, -0.1) is 0 Å². The van der Waals surface area contributed by atoms with Crippen LogP contribution in [0.5, 0.6) is 0 Å². The van der Waals surface area contributed by atoms with Gasteiger partial charge < -0.3 is 20.3 Å². The minimum absolute atomic E-state index is 0.128. The molecule has 0 saturated heterocycles. The molecule has 2 atom stereocenters. The van der Waals surface area contributed by atoms with Crippen LogP contribution in [-0.4, -0.2) is 39.5 Å². The van der Waals surface area contributed by atoms with E-state index in [1.165, 1.54) is 12.1 Å². The molecule has 2 unspecified atom stereocenters. The Kier molecular flexibility index (Phi) is 5.64. The number of nitrogens with zero attached hydrogens (tertiary/aromatic N) is 1. The predicted octanol–water partition coefficient (Wildman–Crippen LogP) is 1.58. The van der Waals surface area contributed by atoms with Crippen molar-refractivity contribution in [2.24, 2.45) is 0 Å². The molecule has 0 aliphatic rings. The molecule has 0 radical (unpaired) electrons. The summed E-state index contributed by atoms with van der Waals surface area (Å²) in [6.07, 6.45) is -3.33. The summed E-state index contributed by atoms with van der Waals surface area (Å²) in [5, 5.41) is 32.4. The van der Waals surface area contributed by atoms with Crippen LogP contribution in [0.15, 0.2) is 12.1 Å². The van der Waals surface area contributed by atoms with Gasteiger partial charge in [0.25, 0.3) is 0 Å². The molecule has 1 aromatic heterocycles. The molecular weight excluding hydrogens is 300 g/mol. The number of aliphatic hydroxyl groups excluding tert-OH is 2. The molecule has 0 spiro atoms. The molecular formula is C12H18N2O6S. The van der Waals surface area contributed by atoms with Crippen LogP contribution in [0.3, 0.4) is 0 Å². The van der Waals surface area contributed by atoms with Crippen molar-refractivity contribution in [2.45, 2.75) is 38.6 Å². The SMILES string of the molecule is CC(C)(C)OC(=O)NCC(O)C(O)c1ccc([N+](=O)[O-])s1. The first kappa shape index (κ1) is 17.3. The molecule has 0 saturated carbocycles. The summed E-state index contributed by atoms with van der Waals surface area (Å²) < 4.78 is 4.98. The van der Waals surface area contributed by atoms with Crippen LogP contribution in [0.2, 0.25) is 0 Å². The molecule has 3 N–H and O–H groups in total. The number of amides is 1. The van der Waals surface area contributed by atoms with Crippen LogP contribution in [0.4, 0.5) is 9.80 Å². The van der Waals surface area contributed by atoms with Crippen molar-refractivity contribution in [1.29, 1.82) is 0 Å². The first-order valence-corrected chi connectivity index (χ1v) is 6.99. The summed E-state index contributed by atoms with van der Waals surface area (Å²) in [6.45, 7) is 4.86. The van der Waals surface area contributed by atoms with Crippen molar-refractivity contribution >= 4 is 22.4 Å². The summed E-state index contributed by atoms with van der Waals surface area (Å²) in [5.41, 5.74) is -0.665. The second-order valence-corrected chi connectivity index (χ2v) is 6.42. The number of carbonyl (C=O) groups excluding carboxylic acids is 1. The van der Waals surface area contributed by atoms with E-state index < -0.39 is 28.8 Å². The van der Waals surface area contributed by atoms with E-state index in [1.807, 2.05) is 0 Å². The fourth-order valence-corrected chi connectivity index (χ4v) is 2.27. The van der Waals surface area contributed by atoms with E-state index in [0.717, 1.165) is 11.3 Å². The number of rotatable bonds is 5. The van der Waals surface area contributed by atoms with Gasteiger partial charge in [0.2, 0.25) is 0 Å². The Morgan fingerprint density at radius 2 is 2.10 bits per heavy atom. The lowest BCUT2D eigenvalue weighted by atomic mass is 10.1. The van der Waals surface area contributed by atoms with Crippen molar-refractivity contribution in [2.75, 3.05) is 6.54 Å². The van der Waals surface area contributed by atoms with E-state index in [-0.39, 0.29) is 16.4 Å². The Hall–Kier alpha value is -1.71. The number of thiophene rings is 1. The lowest BCUT2D eigenvalue weighted by molar-refractivity contribution is -0.380. The first-order chi connectivity index (χ1) is 9.60. The van der Waals surface area contributed by atoms with E-state index in [1.54, 1.807) is 20.8 Å². The van der Waals surface area contributed by atoms with Crippen LogP contribution in [-0.2, 0) is 4.74 Å². The predicted molar refractivity (Wildman–Crippen MR) is 76.2 cm³/mol. The third kappa shape index (κ3) is 5.66. The minimum Gasteiger partial charge on any atom is -0.444 e. The molecule has 0 bridgehead atoms. The Morgan fingerprint density at radius 3 is 2.57 bits per heavy atom. The van der Waals surface area contributed by atoms with Gasteiger partial charge in [-0.25, -0.2) is 4.79 Å². The van der Waals surface area contributed by atoms with Crippen molar-refractivity contribution in [1.82, 2.24) is 5.32 Å². The molecule has 1 rings (SSSR count). The summed E-state index contributed by atoms with van der Waals surface area (Å²) in [5.74, 6) is 0. The van der Waals surface area contributed by atoms with Gasteiger partial charge in [0.15, 0.2) is 0 Å². The number of ether oxygens (including phenoxy) is 1. The number of carbonyl (C=O) groups is 1. The van der Waals surface area contributed by atoms with Crippen molar-refractivity contribution in [3.05, 3.63) is 27.1 Å². The van der Waals surface area contributed by atoms with Crippen molar-refractivity contribution < 1.29 is 24.7 Å². The Labute approximate surface area is 125 Å². The Balaban J connectivity index is 2.52. The molecule has 1 aromatic rings. The zero-order chi connectivity index (χ0) is 16.2. The summed E-state index contributed by atoms with van der Waals surface area (Å²) in [4.78, 5) is 21.6. The van der Waals surface area contributed by atoms with Gasteiger partial charge in [-0.2, -0.15) is 0 Å². The number of hydrogen-bond acceptors (Lipinski definition) is 7. The normalized spacial score (nSPS) is 14.3. The average molecular weight is 318 g/mol. The third-order valence-electron chi connectivity index (χ3n) is 2.30. The van der Waals surface area contributed by atoms with Crippen LogP contribution in [0, 0.1) is 10.1 Å². The van der Waals surface area contributed by atoms with Crippen LogP contribution >= 0.6 is 11.3 Å². The molecule has 1 amide bonds. The Morgan fingerprint density at radius 1 is 1.48 bits per heavy atom. The minimum atomic E-state index is -1.32. The van der Waals surface area contributed by atoms with Gasteiger partial charge in [0.05, 0.1) is 4.92 Å². The molecule has 8 nitrogen and oxygen atoms in total. The summed E-state index contributed by atoms with van der Waals surface area (Å²) in [6, 6.07) is 2.61. The molecule has 118 valence electrons. The highest BCUT2D eigenvalue weighted by Crippen LogP contribution is 2.30. The molecule has 0 aliphatic heterocycles. The monoisotopic (exact) mass is 318 g/mol. The highest BCUT2D eigenvalue weighted by molar-refractivity contribution is 7.15. The molecule has 0 aromatic carbocycles. The summed E-state index contributed by atoms with van der Waals surface area (Å²) >= 11 is 0.769. The van der Waals surface area contributed by atoms with Crippen molar-refractivity contribution in [3.63, 3.8) is 0 Å².